The Labute approximate surface area is 171 Å². The molecule has 7 nitrogen and oxygen atoms in total. The number of H-pyrrole nitrogens is 1. The third-order valence-corrected chi connectivity index (χ3v) is 6.07. The van der Waals surface area contributed by atoms with Gasteiger partial charge >= 0.3 is 0 Å². The van der Waals surface area contributed by atoms with Crippen LogP contribution >= 0.6 is 11.3 Å². The highest BCUT2D eigenvalue weighted by molar-refractivity contribution is 7.92. The van der Waals surface area contributed by atoms with Crippen LogP contribution in [0, 0.1) is 0 Å². The van der Waals surface area contributed by atoms with E-state index in [-0.39, 0.29) is 5.56 Å². The molecule has 0 fully saturated rings. The van der Waals surface area contributed by atoms with Crippen molar-refractivity contribution in [2.75, 3.05) is 25.2 Å². The molecule has 2 aromatic heterocycles. The number of nitrogens with one attached hydrogen (secondary N) is 2. The minimum atomic E-state index is -3.45. The van der Waals surface area contributed by atoms with Crippen molar-refractivity contribution in [1.29, 1.82) is 0 Å². The first-order valence-corrected chi connectivity index (χ1v) is 11.4. The molecule has 0 atom stereocenters. The van der Waals surface area contributed by atoms with Gasteiger partial charge in [-0.2, -0.15) is 0 Å². The summed E-state index contributed by atoms with van der Waals surface area (Å²) in [6, 6.07) is 10.7. The average molecular weight is 431 g/mol. The number of pyridine rings is 1. The average Bonchev–Trinajstić information content (AvgIpc) is 3.17. The predicted octanol–water partition coefficient (Wildman–Crippen LogP) is 3.80. The van der Waals surface area contributed by atoms with Crippen molar-refractivity contribution in [3.8, 4) is 22.6 Å². The smallest absolute Gasteiger partial charge is 0.266 e. The van der Waals surface area contributed by atoms with Gasteiger partial charge in [-0.3, -0.25) is 9.52 Å². The Bertz CT molecular complexity index is 1400. The van der Waals surface area contributed by atoms with Gasteiger partial charge < -0.3 is 14.5 Å². The molecule has 0 amide bonds. The second kappa shape index (κ2) is 7.09. The van der Waals surface area contributed by atoms with Crippen molar-refractivity contribution < 1.29 is 17.9 Å². The molecular formula is C20H18N2O5S2. The van der Waals surface area contributed by atoms with Crippen molar-refractivity contribution in [1.82, 2.24) is 4.98 Å². The first-order chi connectivity index (χ1) is 13.8. The number of aromatic nitrogens is 1. The van der Waals surface area contributed by atoms with E-state index < -0.39 is 10.0 Å². The lowest BCUT2D eigenvalue weighted by Crippen LogP contribution is -2.10. The Kier molecular flexibility index (Phi) is 4.71. The molecule has 0 aliphatic rings. The minimum absolute atomic E-state index is 0.135. The molecule has 0 bridgehead atoms. The van der Waals surface area contributed by atoms with E-state index in [9.17, 15) is 13.2 Å². The maximum Gasteiger partial charge on any atom is 0.266 e. The van der Waals surface area contributed by atoms with Gasteiger partial charge in [-0.25, -0.2) is 8.42 Å². The maximum atomic E-state index is 12.4. The Balaban J connectivity index is 2.05. The Morgan fingerprint density at radius 1 is 1.03 bits per heavy atom. The number of rotatable bonds is 5. The van der Waals surface area contributed by atoms with Gasteiger partial charge in [0.15, 0.2) is 0 Å². The van der Waals surface area contributed by atoms with Gasteiger partial charge in [0.05, 0.1) is 26.2 Å². The monoisotopic (exact) mass is 430 g/mol. The number of fused-ring (bicyclic) bond motifs is 3. The molecular weight excluding hydrogens is 412 g/mol. The van der Waals surface area contributed by atoms with Gasteiger partial charge in [-0.05, 0) is 41.3 Å². The van der Waals surface area contributed by atoms with Crippen LogP contribution in [0.2, 0.25) is 0 Å². The number of ether oxygens (including phenoxy) is 2. The summed E-state index contributed by atoms with van der Waals surface area (Å²) >= 11 is 1.38. The zero-order valence-electron chi connectivity index (χ0n) is 15.9. The normalized spacial score (nSPS) is 11.7. The van der Waals surface area contributed by atoms with Gasteiger partial charge in [0.25, 0.3) is 5.56 Å². The molecule has 0 aliphatic carbocycles. The van der Waals surface area contributed by atoms with Crippen LogP contribution in [0.15, 0.2) is 46.6 Å². The van der Waals surface area contributed by atoms with Crippen LogP contribution in [-0.2, 0) is 10.0 Å². The number of hydrogen-bond acceptors (Lipinski definition) is 6. The zero-order chi connectivity index (χ0) is 20.8. The maximum absolute atomic E-state index is 12.4. The number of benzene rings is 2. The largest absolute Gasteiger partial charge is 0.496 e. The molecule has 150 valence electrons. The molecule has 2 heterocycles. The van der Waals surface area contributed by atoms with E-state index in [1.807, 2.05) is 17.5 Å². The Morgan fingerprint density at radius 2 is 1.79 bits per heavy atom. The van der Waals surface area contributed by atoms with E-state index in [0.29, 0.717) is 27.4 Å². The van der Waals surface area contributed by atoms with Crippen LogP contribution in [0.25, 0.3) is 32.1 Å². The molecule has 0 saturated carbocycles. The molecule has 29 heavy (non-hydrogen) atoms. The number of hydrogen-bond donors (Lipinski definition) is 2. The van der Waals surface area contributed by atoms with E-state index in [4.69, 9.17) is 9.47 Å². The summed E-state index contributed by atoms with van der Waals surface area (Å²) in [5.74, 6) is 1.00. The lowest BCUT2D eigenvalue weighted by molar-refractivity contribution is 0.415. The highest BCUT2D eigenvalue weighted by atomic mass is 32.2. The lowest BCUT2D eigenvalue weighted by atomic mass is 9.97. The van der Waals surface area contributed by atoms with E-state index in [1.165, 1.54) is 18.4 Å². The summed E-state index contributed by atoms with van der Waals surface area (Å²) in [4.78, 5) is 15.3. The fourth-order valence-corrected chi connectivity index (χ4v) is 4.78. The van der Waals surface area contributed by atoms with Gasteiger partial charge in [0, 0.05) is 21.9 Å². The summed E-state index contributed by atoms with van der Waals surface area (Å²) in [6.45, 7) is 0. The summed E-state index contributed by atoms with van der Waals surface area (Å²) in [6.07, 6.45) is 1.08. The van der Waals surface area contributed by atoms with E-state index in [0.717, 1.165) is 28.2 Å². The van der Waals surface area contributed by atoms with Gasteiger partial charge in [-0.1, -0.05) is 6.07 Å². The highest BCUT2D eigenvalue weighted by Crippen LogP contribution is 2.42. The van der Waals surface area contributed by atoms with Crippen molar-refractivity contribution in [2.45, 2.75) is 0 Å². The molecule has 4 rings (SSSR count). The number of anilines is 1. The standard InChI is InChI=1S/C20H18N2O5S2/c1-26-15-7-6-14-18(12-8-9-28-19(12)20(23)21-14)17(15)11-4-5-13(16(10-11)27-2)22-29(3,24)25/h4-10,22H,1-3H3,(H,21,23). The third-order valence-electron chi connectivity index (χ3n) is 4.56. The SMILES string of the molecule is COc1cc(-c2c(OC)ccc3[nH]c(=O)c4sccc4c23)ccc1NS(C)(=O)=O. The van der Waals surface area contributed by atoms with Crippen LogP contribution in [-0.4, -0.2) is 33.9 Å². The quantitative estimate of drug-likeness (QED) is 0.502. The molecule has 2 aromatic carbocycles. The minimum Gasteiger partial charge on any atom is -0.496 e. The van der Waals surface area contributed by atoms with Crippen LogP contribution in [0.5, 0.6) is 11.5 Å². The Hall–Kier alpha value is -3.04. The zero-order valence-corrected chi connectivity index (χ0v) is 17.5. The fraction of sp³-hybridized carbons (Fsp3) is 0.150. The van der Waals surface area contributed by atoms with Crippen LogP contribution in [0.4, 0.5) is 5.69 Å². The summed E-state index contributed by atoms with van der Waals surface area (Å²) in [5, 5.41) is 3.56. The van der Waals surface area contributed by atoms with Crippen molar-refractivity contribution in [2.24, 2.45) is 0 Å². The summed E-state index contributed by atoms with van der Waals surface area (Å²) in [5.41, 5.74) is 2.45. The second-order valence-corrected chi connectivity index (χ2v) is 9.14. The lowest BCUT2D eigenvalue weighted by Gasteiger charge is -2.16. The number of aromatic amines is 1. The van der Waals surface area contributed by atoms with Crippen LogP contribution < -0.4 is 19.8 Å². The van der Waals surface area contributed by atoms with Crippen molar-refractivity contribution in [3.05, 3.63) is 52.1 Å². The topological polar surface area (TPSA) is 97.5 Å². The third kappa shape index (κ3) is 3.43. The van der Waals surface area contributed by atoms with E-state index in [2.05, 4.69) is 9.71 Å². The number of thiophene rings is 1. The Morgan fingerprint density at radius 3 is 2.48 bits per heavy atom. The van der Waals surface area contributed by atoms with Crippen LogP contribution in [0.3, 0.4) is 0 Å². The number of methoxy groups -OCH3 is 2. The van der Waals surface area contributed by atoms with Crippen LogP contribution in [0.1, 0.15) is 0 Å². The first-order valence-electron chi connectivity index (χ1n) is 8.59. The molecule has 0 unspecified atom stereocenters. The van der Waals surface area contributed by atoms with Gasteiger partial charge in [0.2, 0.25) is 10.0 Å². The fourth-order valence-electron chi connectivity index (χ4n) is 3.42. The molecule has 2 N–H and O–H groups in total. The first kappa shape index (κ1) is 19.3. The van der Waals surface area contributed by atoms with Gasteiger partial charge in [0.1, 0.15) is 16.2 Å². The predicted molar refractivity (Wildman–Crippen MR) is 117 cm³/mol. The molecule has 0 spiro atoms. The molecule has 0 aliphatic heterocycles. The van der Waals surface area contributed by atoms with Crippen molar-refractivity contribution in [3.63, 3.8) is 0 Å². The number of sulfonamides is 1. The van der Waals surface area contributed by atoms with E-state index >= 15 is 0 Å². The molecule has 9 heteroatoms. The van der Waals surface area contributed by atoms with Gasteiger partial charge in [-0.15, -0.1) is 11.3 Å². The summed E-state index contributed by atoms with van der Waals surface area (Å²) in [7, 11) is -0.399. The van der Waals surface area contributed by atoms with E-state index in [1.54, 1.807) is 31.4 Å². The van der Waals surface area contributed by atoms with Crippen molar-refractivity contribution >= 4 is 48.0 Å². The summed E-state index contributed by atoms with van der Waals surface area (Å²) < 4.78 is 37.4. The molecule has 0 radical (unpaired) electrons. The highest BCUT2D eigenvalue weighted by Gasteiger charge is 2.18. The molecule has 0 saturated heterocycles. The second-order valence-electron chi connectivity index (χ2n) is 6.47. The molecule has 4 aromatic rings.